The number of benzene rings is 1. The van der Waals surface area contributed by atoms with Crippen molar-refractivity contribution in [1.29, 1.82) is 0 Å². The summed E-state index contributed by atoms with van der Waals surface area (Å²) in [6.45, 7) is 2.42. The van der Waals surface area contributed by atoms with E-state index in [4.69, 9.17) is 31.5 Å². The molecule has 1 aromatic carbocycles. The Morgan fingerprint density at radius 1 is 1.18 bits per heavy atom. The Morgan fingerprint density at radius 2 is 2.00 bits per heavy atom. The third kappa shape index (κ3) is 5.26. The number of nitrogen functional groups attached to an aromatic ring is 1. The maximum absolute atomic E-state index is 5.87. The molecule has 96 valence electrons. The number of anilines is 1. The SMILES string of the molecule is COCCOCCCOc1cccc(Cl)c1N. The van der Waals surface area contributed by atoms with E-state index in [1.807, 2.05) is 6.07 Å². The molecule has 0 aliphatic carbocycles. The fourth-order valence-electron chi connectivity index (χ4n) is 1.23. The third-order valence-corrected chi connectivity index (χ3v) is 2.46. The number of nitrogens with two attached hydrogens (primary N) is 1. The molecule has 1 aromatic rings. The van der Waals surface area contributed by atoms with Crippen molar-refractivity contribution in [2.75, 3.05) is 39.3 Å². The molecule has 0 saturated heterocycles. The Kier molecular flexibility index (Phi) is 6.77. The molecule has 2 N–H and O–H groups in total. The van der Waals surface area contributed by atoms with E-state index in [0.29, 0.717) is 42.9 Å². The summed E-state index contributed by atoms with van der Waals surface area (Å²) in [4.78, 5) is 0. The van der Waals surface area contributed by atoms with Crippen molar-refractivity contribution >= 4 is 17.3 Å². The summed E-state index contributed by atoms with van der Waals surface area (Å²) in [7, 11) is 1.65. The van der Waals surface area contributed by atoms with E-state index in [2.05, 4.69) is 0 Å². The monoisotopic (exact) mass is 259 g/mol. The lowest BCUT2D eigenvalue weighted by molar-refractivity contribution is 0.0645. The molecule has 0 saturated carbocycles. The minimum absolute atomic E-state index is 0.481. The Labute approximate surface area is 107 Å². The number of hydrogen-bond acceptors (Lipinski definition) is 4. The van der Waals surface area contributed by atoms with Gasteiger partial charge in [0.2, 0.25) is 0 Å². The molecule has 0 heterocycles. The Morgan fingerprint density at radius 3 is 2.76 bits per heavy atom. The second-order valence-corrected chi connectivity index (χ2v) is 3.87. The normalized spacial score (nSPS) is 10.5. The van der Waals surface area contributed by atoms with E-state index in [0.717, 1.165) is 6.42 Å². The molecule has 0 atom stereocenters. The van der Waals surface area contributed by atoms with Gasteiger partial charge in [-0.3, -0.25) is 0 Å². The van der Waals surface area contributed by atoms with Gasteiger partial charge in [-0.15, -0.1) is 0 Å². The topological polar surface area (TPSA) is 53.7 Å². The lowest BCUT2D eigenvalue weighted by Gasteiger charge is -2.09. The lowest BCUT2D eigenvalue weighted by atomic mass is 10.3. The summed E-state index contributed by atoms with van der Waals surface area (Å²) < 4.78 is 15.7. The van der Waals surface area contributed by atoms with Crippen LogP contribution in [0.15, 0.2) is 18.2 Å². The van der Waals surface area contributed by atoms with E-state index in [-0.39, 0.29) is 0 Å². The molecule has 4 nitrogen and oxygen atoms in total. The number of rotatable bonds is 8. The van der Waals surface area contributed by atoms with Crippen LogP contribution in [-0.2, 0) is 9.47 Å². The fourth-order valence-corrected chi connectivity index (χ4v) is 1.40. The third-order valence-electron chi connectivity index (χ3n) is 2.14. The van der Waals surface area contributed by atoms with Crippen molar-refractivity contribution in [2.45, 2.75) is 6.42 Å². The second-order valence-electron chi connectivity index (χ2n) is 3.46. The van der Waals surface area contributed by atoms with Gasteiger partial charge in [0.1, 0.15) is 5.75 Å². The molecular formula is C12H18ClNO3. The van der Waals surface area contributed by atoms with Crippen molar-refractivity contribution in [3.05, 3.63) is 23.2 Å². The fraction of sp³-hybridized carbons (Fsp3) is 0.500. The van der Waals surface area contributed by atoms with Crippen molar-refractivity contribution in [2.24, 2.45) is 0 Å². The molecule has 0 unspecified atom stereocenters. The highest BCUT2D eigenvalue weighted by atomic mass is 35.5. The van der Waals surface area contributed by atoms with Gasteiger partial charge in [0, 0.05) is 20.1 Å². The van der Waals surface area contributed by atoms with Gasteiger partial charge >= 0.3 is 0 Å². The highest BCUT2D eigenvalue weighted by molar-refractivity contribution is 6.33. The molecule has 5 heteroatoms. The summed E-state index contributed by atoms with van der Waals surface area (Å²) in [6.07, 6.45) is 0.801. The highest BCUT2D eigenvalue weighted by Gasteiger charge is 2.03. The molecule has 0 aromatic heterocycles. The van der Waals surface area contributed by atoms with Crippen LogP contribution >= 0.6 is 11.6 Å². The van der Waals surface area contributed by atoms with Gasteiger partial charge in [0.15, 0.2) is 0 Å². The van der Waals surface area contributed by atoms with E-state index < -0.39 is 0 Å². The highest BCUT2D eigenvalue weighted by Crippen LogP contribution is 2.28. The first-order chi connectivity index (χ1) is 8.25. The van der Waals surface area contributed by atoms with Crippen LogP contribution in [0.5, 0.6) is 5.75 Å². The first-order valence-electron chi connectivity index (χ1n) is 5.49. The van der Waals surface area contributed by atoms with Crippen LogP contribution in [0.1, 0.15) is 6.42 Å². The average Bonchev–Trinajstić information content (AvgIpc) is 2.33. The Balaban J connectivity index is 2.16. The van der Waals surface area contributed by atoms with Crippen molar-refractivity contribution in [1.82, 2.24) is 0 Å². The van der Waals surface area contributed by atoms with Crippen LogP contribution < -0.4 is 10.5 Å². The zero-order valence-corrected chi connectivity index (χ0v) is 10.7. The van der Waals surface area contributed by atoms with Crippen LogP contribution in [0, 0.1) is 0 Å². The standard InChI is InChI=1S/C12H18ClNO3/c1-15-8-9-16-6-3-7-17-11-5-2-4-10(13)12(11)14/h2,4-5H,3,6-9,14H2,1H3. The predicted molar refractivity (Wildman–Crippen MR) is 68.7 cm³/mol. The van der Waals surface area contributed by atoms with Crippen LogP contribution in [0.4, 0.5) is 5.69 Å². The average molecular weight is 260 g/mol. The van der Waals surface area contributed by atoms with Gasteiger partial charge in [-0.2, -0.15) is 0 Å². The summed E-state index contributed by atoms with van der Waals surface area (Å²) in [5, 5.41) is 0.513. The number of methoxy groups -OCH3 is 1. The minimum Gasteiger partial charge on any atom is -0.491 e. The molecule has 17 heavy (non-hydrogen) atoms. The van der Waals surface area contributed by atoms with Gasteiger partial charge in [0.05, 0.1) is 30.5 Å². The molecule has 0 spiro atoms. The molecule has 1 rings (SSSR count). The molecule has 0 bridgehead atoms. The quantitative estimate of drug-likeness (QED) is 0.575. The Hall–Kier alpha value is -0.970. The van der Waals surface area contributed by atoms with Gasteiger partial charge < -0.3 is 19.9 Å². The smallest absolute Gasteiger partial charge is 0.143 e. The minimum atomic E-state index is 0.481. The van der Waals surface area contributed by atoms with E-state index in [1.54, 1.807) is 19.2 Å². The van der Waals surface area contributed by atoms with Crippen LogP contribution in [0.25, 0.3) is 0 Å². The zero-order valence-electron chi connectivity index (χ0n) is 9.95. The van der Waals surface area contributed by atoms with Crippen molar-refractivity contribution in [3.8, 4) is 5.75 Å². The summed E-state index contributed by atoms with van der Waals surface area (Å²) >= 11 is 5.87. The first-order valence-corrected chi connectivity index (χ1v) is 5.87. The molecular weight excluding hydrogens is 242 g/mol. The zero-order chi connectivity index (χ0) is 12.5. The molecule has 0 fully saturated rings. The number of ether oxygens (including phenoxy) is 3. The van der Waals surface area contributed by atoms with Gasteiger partial charge in [0.25, 0.3) is 0 Å². The number of hydrogen-bond donors (Lipinski definition) is 1. The second kappa shape index (κ2) is 8.17. The van der Waals surface area contributed by atoms with Crippen LogP contribution in [-0.4, -0.2) is 33.5 Å². The lowest BCUT2D eigenvalue weighted by Crippen LogP contribution is -2.07. The van der Waals surface area contributed by atoms with E-state index >= 15 is 0 Å². The van der Waals surface area contributed by atoms with Crippen LogP contribution in [0.3, 0.4) is 0 Å². The first kappa shape index (κ1) is 14.1. The van der Waals surface area contributed by atoms with Gasteiger partial charge in [-0.25, -0.2) is 0 Å². The molecule has 0 radical (unpaired) electrons. The Bertz CT molecular complexity index is 334. The van der Waals surface area contributed by atoms with Crippen molar-refractivity contribution in [3.63, 3.8) is 0 Å². The molecule has 0 aliphatic rings. The van der Waals surface area contributed by atoms with E-state index in [1.165, 1.54) is 0 Å². The molecule has 0 aliphatic heterocycles. The van der Waals surface area contributed by atoms with E-state index in [9.17, 15) is 0 Å². The maximum atomic E-state index is 5.87. The summed E-state index contributed by atoms with van der Waals surface area (Å²) in [5.41, 5.74) is 6.24. The molecule has 0 amide bonds. The van der Waals surface area contributed by atoms with Crippen molar-refractivity contribution < 1.29 is 14.2 Å². The summed E-state index contributed by atoms with van der Waals surface area (Å²) in [6, 6.07) is 5.34. The predicted octanol–water partition coefficient (Wildman–Crippen LogP) is 2.35. The summed E-state index contributed by atoms with van der Waals surface area (Å²) in [5.74, 6) is 0.620. The maximum Gasteiger partial charge on any atom is 0.143 e. The van der Waals surface area contributed by atoms with Gasteiger partial charge in [-0.05, 0) is 12.1 Å². The number of halogens is 1. The largest absolute Gasteiger partial charge is 0.491 e. The number of para-hydroxylation sites is 1. The van der Waals surface area contributed by atoms with Gasteiger partial charge in [-0.1, -0.05) is 17.7 Å². The van der Waals surface area contributed by atoms with Crippen LogP contribution in [0.2, 0.25) is 5.02 Å².